The summed E-state index contributed by atoms with van der Waals surface area (Å²) in [6, 6.07) is 1.48. The number of hydrogen-bond donors (Lipinski definition) is 1. The minimum absolute atomic E-state index is 0.517. The molecule has 3 heteroatoms. The van der Waals surface area contributed by atoms with Crippen molar-refractivity contribution < 1.29 is 5.21 Å². The zero-order valence-electron chi connectivity index (χ0n) is 7.48. The highest BCUT2D eigenvalue weighted by molar-refractivity contribution is 5.60. The average molecular weight is 168 g/mol. The summed E-state index contributed by atoms with van der Waals surface area (Å²) in [5, 5.41) is 11.6. The zero-order chi connectivity index (χ0) is 8.55. The Bertz CT molecular complexity index is 179. The number of fused-ring (bicyclic) bond motifs is 2. The van der Waals surface area contributed by atoms with Gasteiger partial charge in [0.25, 0.3) is 0 Å². The van der Waals surface area contributed by atoms with Gasteiger partial charge >= 0.3 is 0 Å². The van der Waals surface area contributed by atoms with Crippen molar-refractivity contribution in [2.24, 2.45) is 11.1 Å². The summed E-state index contributed by atoms with van der Waals surface area (Å²) >= 11 is 0. The molecule has 12 heavy (non-hydrogen) atoms. The highest BCUT2D eigenvalue weighted by Gasteiger charge is 2.37. The molecule has 0 aromatic heterocycles. The molecule has 2 atom stereocenters. The van der Waals surface area contributed by atoms with Gasteiger partial charge in [-0.1, -0.05) is 0 Å². The van der Waals surface area contributed by atoms with Crippen LogP contribution in [0.25, 0.3) is 0 Å². The lowest BCUT2D eigenvalue weighted by molar-refractivity contribution is 0.158. The van der Waals surface area contributed by atoms with E-state index in [9.17, 15) is 0 Å². The van der Waals surface area contributed by atoms with Crippen LogP contribution in [0.4, 0.5) is 0 Å². The van der Waals surface area contributed by atoms with Crippen LogP contribution in [-0.2, 0) is 0 Å². The quantitative estimate of drug-likeness (QED) is 0.364. The van der Waals surface area contributed by atoms with Crippen LogP contribution >= 0.6 is 0 Å². The first-order valence-corrected chi connectivity index (χ1v) is 4.70. The molecule has 68 valence electrons. The number of rotatable bonds is 1. The van der Waals surface area contributed by atoms with Crippen molar-refractivity contribution in [2.45, 2.75) is 37.8 Å². The van der Waals surface area contributed by atoms with Gasteiger partial charge in [0.05, 0.1) is 0 Å². The van der Waals surface area contributed by atoms with E-state index >= 15 is 0 Å². The molecule has 0 spiro atoms. The molecule has 1 N–H and O–H groups in total. The monoisotopic (exact) mass is 168 g/mol. The Morgan fingerprint density at radius 1 is 1.33 bits per heavy atom. The van der Waals surface area contributed by atoms with Crippen LogP contribution in [0.15, 0.2) is 5.16 Å². The number of hydrogen-bond acceptors (Lipinski definition) is 3. The van der Waals surface area contributed by atoms with E-state index < -0.39 is 0 Å². The number of oxime groups is 1. The molecule has 2 saturated heterocycles. The molecule has 2 bridgehead atoms. The van der Waals surface area contributed by atoms with Gasteiger partial charge in [-0.2, -0.15) is 0 Å². The van der Waals surface area contributed by atoms with Crippen molar-refractivity contribution in [1.82, 2.24) is 4.90 Å². The van der Waals surface area contributed by atoms with Gasteiger partial charge in [0.1, 0.15) is 0 Å². The molecule has 0 saturated carbocycles. The van der Waals surface area contributed by atoms with E-state index in [0.29, 0.717) is 5.92 Å². The third-order valence-corrected chi connectivity index (χ3v) is 3.41. The number of piperidine rings is 1. The highest BCUT2D eigenvalue weighted by Crippen LogP contribution is 2.36. The second kappa shape index (κ2) is 3.05. The van der Waals surface area contributed by atoms with Crippen molar-refractivity contribution in [2.75, 3.05) is 7.05 Å². The lowest BCUT2D eigenvalue weighted by Crippen LogP contribution is -2.40. The van der Waals surface area contributed by atoms with E-state index in [-0.39, 0.29) is 0 Å². The first kappa shape index (κ1) is 8.05. The van der Waals surface area contributed by atoms with E-state index in [0.717, 1.165) is 12.1 Å². The van der Waals surface area contributed by atoms with E-state index in [1.165, 1.54) is 25.7 Å². The van der Waals surface area contributed by atoms with Gasteiger partial charge in [0.2, 0.25) is 0 Å². The second-order valence-corrected chi connectivity index (χ2v) is 4.05. The molecule has 2 unspecified atom stereocenters. The van der Waals surface area contributed by atoms with Crippen molar-refractivity contribution in [3.8, 4) is 0 Å². The van der Waals surface area contributed by atoms with E-state index in [4.69, 9.17) is 5.21 Å². The summed E-state index contributed by atoms with van der Waals surface area (Å²) in [4.78, 5) is 2.49. The van der Waals surface area contributed by atoms with Crippen molar-refractivity contribution >= 4 is 6.21 Å². The summed E-state index contributed by atoms with van der Waals surface area (Å²) in [7, 11) is 2.22. The summed E-state index contributed by atoms with van der Waals surface area (Å²) in [6.07, 6.45) is 6.72. The van der Waals surface area contributed by atoms with Crippen LogP contribution < -0.4 is 0 Å². The molecular weight excluding hydrogens is 152 g/mol. The van der Waals surface area contributed by atoms with E-state index in [2.05, 4.69) is 17.1 Å². The molecule has 3 nitrogen and oxygen atoms in total. The minimum Gasteiger partial charge on any atom is -0.411 e. The predicted octanol–water partition coefficient (Wildman–Crippen LogP) is 1.32. The van der Waals surface area contributed by atoms with Gasteiger partial charge in [-0.3, -0.25) is 0 Å². The largest absolute Gasteiger partial charge is 0.411 e. The average Bonchev–Trinajstić information content (AvgIpc) is 2.33. The standard InChI is InChI=1S/C9H16N2O/c1-11-8-2-3-9(11)5-7(4-8)6-10-12/h6-9,12H,2-5H2,1H3/b10-6+. The molecule has 0 amide bonds. The van der Waals surface area contributed by atoms with Crippen LogP contribution in [0.3, 0.4) is 0 Å². The maximum Gasteiger partial charge on any atom is 0.0468 e. The van der Waals surface area contributed by atoms with Gasteiger partial charge in [-0.15, -0.1) is 5.16 Å². The Morgan fingerprint density at radius 3 is 2.42 bits per heavy atom. The second-order valence-electron chi connectivity index (χ2n) is 4.05. The molecule has 0 aromatic rings. The predicted molar refractivity (Wildman–Crippen MR) is 47.6 cm³/mol. The van der Waals surface area contributed by atoms with Crippen LogP contribution in [0.2, 0.25) is 0 Å². The number of nitrogens with zero attached hydrogens (tertiary/aromatic N) is 2. The Labute approximate surface area is 73.1 Å². The van der Waals surface area contributed by atoms with Crippen LogP contribution in [0.5, 0.6) is 0 Å². The Morgan fingerprint density at radius 2 is 1.92 bits per heavy atom. The summed E-state index contributed by atoms with van der Waals surface area (Å²) in [5.74, 6) is 0.517. The topological polar surface area (TPSA) is 35.8 Å². The molecule has 2 aliphatic heterocycles. The van der Waals surface area contributed by atoms with Gasteiger partial charge in [0, 0.05) is 24.2 Å². The Kier molecular flexibility index (Phi) is 2.05. The van der Waals surface area contributed by atoms with Crippen LogP contribution in [0, 0.1) is 5.92 Å². The third kappa shape index (κ3) is 1.22. The maximum atomic E-state index is 8.43. The molecule has 2 aliphatic rings. The Balaban J connectivity index is 2.02. The lowest BCUT2D eigenvalue weighted by Gasteiger charge is -2.34. The first-order chi connectivity index (χ1) is 5.81. The lowest BCUT2D eigenvalue weighted by atomic mass is 9.92. The van der Waals surface area contributed by atoms with Crippen molar-refractivity contribution in [3.05, 3.63) is 0 Å². The highest BCUT2D eigenvalue weighted by atomic mass is 16.4. The van der Waals surface area contributed by atoms with E-state index in [1.807, 2.05) is 0 Å². The Hall–Kier alpha value is -0.570. The van der Waals surface area contributed by atoms with Crippen LogP contribution in [-0.4, -0.2) is 35.5 Å². The molecule has 2 rings (SSSR count). The fourth-order valence-electron chi connectivity index (χ4n) is 2.67. The van der Waals surface area contributed by atoms with Crippen molar-refractivity contribution in [1.29, 1.82) is 0 Å². The van der Waals surface area contributed by atoms with Gasteiger partial charge in [-0.25, -0.2) is 0 Å². The van der Waals surface area contributed by atoms with Crippen LogP contribution in [0.1, 0.15) is 25.7 Å². The normalized spacial score (nSPS) is 42.6. The summed E-state index contributed by atoms with van der Waals surface area (Å²) in [6.45, 7) is 0. The van der Waals surface area contributed by atoms with Gasteiger partial charge in [0.15, 0.2) is 0 Å². The SMILES string of the molecule is CN1C2CCC1CC(/C=N/O)C2. The van der Waals surface area contributed by atoms with Gasteiger partial charge < -0.3 is 10.1 Å². The molecule has 0 radical (unpaired) electrons. The molecule has 0 aromatic carbocycles. The fourth-order valence-corrected chi connectivity index (χ4v) is 2.67. The molecule has 2 fully saturated rings. The smallest absolute Gasteiger partial charge is 0.0468 e. The van der Waals surface area contributed by atoms with E-state index in [1.54, 1.807) is 6.21 Å². The first-order valence-electron chi connectivity index (χ1n) is 4.70. The fraction of sp³-hybridized carbons (Fsp3) is 0.889. The minimum atomic E-state index is 0.517. The third-order valence-electron chi connectivity index (χ3n) is 3.41. The summed E-state index contributed by atoms with van der Waals surface area (Å²) < 4.78 is 0. The molecule has 0 aliphatic carbocycles. The molecule has 2 heterocycles. The zero-order valence-corrected chi connectivity index (χ0v) is 7.48. The van der Waals surface area contributed by atoms with Gasteiger partial charge in [-0.05, 0) is 32.7 Å². The maximum absolute atomic E-state index is 8.43. The van der Waals surface area contributed by atoms with Crippen molar-refractivity contribution in [3.63, 3.8) is 0 Å². The molecular formula is C9H16N2O. The summed E-state index contributed by atoms with van der Waals surface area (Å²) in [5.41, 5.74) is 0.